The van der Waals surface area contributed by atoms with Gasteiger partial charge in [-0.2, -0.15) is 0 Å². The monoisotopic (exact) mass is 125 g/mol. The average Bonchev–Trinajstić information content (AvgIpc) is 1.90. The van der Waals surface area contributed by atoms with Crippen LogP contribution in [0.15, 0.2) is 24.5 Å². The van der Waals surface area contributed by atoms with Crippen LogP contribution in [0.25, 0.3) is 0 Å². The summed E-state index contributed by atoms with van der Waals surface area (Å²) in [7, 11) is 0. The Morgan fingerprint density at radius 3 is 2.67 bits per heavy atom. The van der Waals surface area contributed by atoms with E-state index < -0.39 is 6.29 Å². The van der Waals surface area contributed by atoms with Crippen molar-refractivity contribution < 1.29 is 11.6 Å². The Balaban J connectivity index is 0.000000810. The molecular weight excluding hydrogens is 118 g/mol. The van der Waals surface area contributed by atoms with E-state index in [1.807, 2.05) is 0 Å². The second kappa shape index (κ2) is 2.57. The lowest BCUT2D eigenvalue weighted by atomic mass is 10.3. The van der Waals surface area contributed by atoms with Gasteiger partial charge in [0.15, 0.2) is 0 Å². The molecule has 1 rings (SSSR count). The third kappa shape index (κ3) is 1.48. The normalized spacial score (nSPS) is 10.1. The summed E-state index contributed by atoms with van der Waals surface area (Å²) in [5.74, 6) is 0. The Labute approximate surface area is 54.1 Å². The van der Waals surface area contributed by atoms with Crippen LogP contribution >= 0.6 is 0 Å². The Kier molecular flexibility index (Phi) is 1.77. The van der Waals surface area contributed by atoms with Gasteiger partial charge in [-0.05, 0) is 6.07 Å². The van der Waals surface area contributed by atoms with E-state index in [1.165, 1.54) is 6.20 Å². The van der Waals surface area contributed by atoms with Crippen LogP contribution in [-0.2, 0) is 0 Å². The van der Waals surface area contributed by atoms with Crippen molar-refractivity contribution >= 4 is 0 Å². The highest BCUT2D eigenvalue weighted by Crippen LogP contribution is 2.03. The molecule has 0 unspecified atom stereocenters. The van der Waals surface area contributed by atoms with E-state index in [0.29, 0.717) is 5.56 Å². The summed E-state index contributed by atoms with van der Waals surface area (Å²) >= 11 is 0. The molecule has 2 N–H and O–H groups in total. The van der Waals surface area contributed by atoms with Gasteiger partial charge in [0.25, 0.3) is 6.29 Å². The van der Waals surface area contributed by atoms with Crippen LogP contribution in [0.2, 0.25) is 0 Å². The van der Waals surface area contributed by atoms with Gasteiger partial charge in [0.1, 0.15) is 0 Å². The zero-order valence-corrected chi connectivity index (χ0v) is 4.65. The first-order chi connectivity index (χ1) is 4.30. The summed E-state index contributed by atoms with van der Waals surface area (Å²) in [4.78, 5) is 3.67. The zero-order chi connectivity index (χ0) is 6.69. The summed E-state index contributed by atoms with van der Waals surface area (Å²) in [5, 5.41) is 16.9. The third-order valence-corrected chi connectivity index (χ3v) is 0.920. The number of pyridine rings is 1. The van der Waals surface area contributed by atoms with Crippen molar-refractivity contribution in [1.29, 1.82) is 0 Å². The number of hydrogen-bond donors (Lipinski definition) is 2. The molecule has 9 heavy (non-hydrogen) atoms. The van der Waals surface area contributed by atoms with Crippen LogP contribution in [0, 0.1) is 6.29 Å². The van der Waals surface area contributed by atoms with Gasteiger partial charge in [0.05, 0.1) is 0 Å². The number of hydrogen-bond acceptors (Lipinski definition) is 3. The van der Waals surface area contributed by atoms with E-state index in [9.17, 15) is 0 Å². The van der Waals surface area contributed by atoms with E-state index in [4.69, 9.17) is 10.2 Å². The summed E-state index contributed by atoms with van der Waals surface area (Å²) in [5.41, 5.74) is 0.331. The molecule has 1 heterocycles. The standard InChI is InChI=1S/C6H6NO2/c8-6(9)5-2-1-3-7-4-5/h1-4,8-9H/p+1. The molecule has 0 atom stereocenters. The highest BCUT2D eigenvalue weighted by Gasteiger charge is 2.01. The van der Waals surface area contributed by atoms with Crippen molar-refractivity contribution in [2.45, 2.75) is 0 Å². The lowest BCUT2D eigenvalue weighted by molar-refractivity contribution is 0.109. The van der Waals surface area contributed by atoms with Crippen molar-refractivity contribution in [1.82, 2.24) is 4.98 Å². The third-order valence-electron chi connectivity index (χ3n) is 0.920. The number of aliphatic hydroxyl groups is 2. The van der Waals surface area contributed by atoms with Crippen molar-refractivity contribution in [2.24, 2.45) is 0 Å². The summed E-state index contributed by atoms with van der Waals surface area (Å²) in [6.07, 6.45) is 2.24. The molecule has 0 aliphatic rings. The van der Waals surface area contributed by atoms with Crippen molar-refractivity contribution in [3.05, 3.63) is 36.4 Å². The first kappa shape index (κ1) is 6.19. The highest BCUT2D eigenvalue weighted by molar-refractivity contribution is 5.17. The van der Waals surface area contributed by atoms with Gasteiger partial charge in [-0.1, -0.05) is 6.07 Å². The van der Waals surface area contributed by atoms with Crippen LogP contribution in [0.3, 0.4) is 0 Å². The topological polar surface area (TPSA) is 53.4 Å². The first-order valence-electron chi connectivity index (χ1n) is 2.46. The maximum Gasteiger partial charge on any atom is 1.00 e. The maximum absolute atomic E-state index is 8.46. The van der Waals surface area contributed by atoms with Crippen molar-refractivity contribution in [2.75, 3.05) is 0 Å². The van der Waals surface area contributed by atoms with Crippen molar-refractivity contribution in [3.8, 4) is 0 Å². The van der Waals surface area contributed by atoms with Gasteiger partial charge in [-0.15, -0.1) is 0 Å². The van der Waals surface area contributed by atoms with Gasteiger partial charge in [0, 0.05) is 18.0 Å². The molecule has 0 fully saturated rings. The number of rotatable bonds is 1. The van der Waals surface area contributed by atoms with E-state index >= 15 is 0 Å². The minimum atomic E-state index is -0.692. The van der Waals surface area contributed by atoms with Crippen LogP contribution in [0.1, 0.15) is 6.99 Å². The van der Waals surface area contributed by atoms with Gasteiger partial charge >= 0.3 is 1.43 Å². The van der Waals surface area contributed by atoms with Crippen LogP contribution in [-0.4, -0.2) is 15.2 Å². The van der Waals surface area contributed by atoms with Crippen LogP contribution < -0.4 is 0 Å². The maximum atomic E-state index is 8.46. The largest absolute Gasteiger partial charge is 1.00 e. The van der Waals surface area contributed by atoms with E-state index in [-0.39, 0.29) is 1.43 Å². The van der Waals surface area contributed by atoms with Gasteiger partial charge in [-0.3, -0.25) is 4.98 Å². The smallest absolute Gasteiger partial charge is 0.357 e. The number of aromatic nitrogens is 1. The second-order valence-corrected chi connectivity index (χ2v) is 1.57. The lowest BCUT2D eigenvalue weighted by Crippen LogP contribution is -1.94. The first-order valence-corrected chi connectivity index (χ1v) is 2.46. The quantitative estimate of drug-likeness (QED) is 0.583. The molecule has 3 heteroatoms. The molecule has 0 spiro atoms. The molecule has 1 radical (unpaired) electrons. The Bertz CT molecular complexity index is 178. The molecule has 0 amide bonds. The molecule has 1 aromatic rings. The fourth-order valence-corrected chi connectivity index (χ4v) is 0.495. The lowest BCUT2D eigenvalue weighted by Gasteiger charge is -1.96. The average molecular weight is 125 g/mol. The molecule has 3 nitrogen and oxygen atoms in total. The Hall–Kier alpha value is -0.930. The molecule has 0 aliphatic carbocycles. The molecule has 0 saturated carbocycles. The Morgan fingerprint density at radius 1 is 1.56 bits per heavy atom. The molecule has 0 aromatic carbocycles. The summed E-state index contributed by atoms with van der Waals surface area (Å²) in [6.45, 7) is 0. The predicted molar refractivity (Wildman–Crippen MR) is 31.6 cm³/mol. The molecule has 0 aliphatic heterocycles. The van der Waals surface area contributed by atoms with E-state index in [1.54, 1.807) is 18.3 Å². The van der Waals surface area contributed by atoms with E-state index in [2.05, 4.69) is 4.98 Å². The predicted octanol–water partition coefficient (Wildman–Crippen LogP) is 0.777. The number of aliphatic hydroxyl groups excluding tert-OH is 1. The van der Waals surface area contributed by atoms with E-state index in [0.717, 1.165) is 0 Å². The fraction of sp³-hybridized carbons (Fsp3) is 0. The molecule has 0 saturated heterocycles. The second-order valence-electron chi connectivity index (χ2n) is 1.57. The Morgan fingerprint density at radius 2 is 2.33 bits per heavy atom. The molecular formula is C6H7NO2+. The SMILES string of the molecule is O[C](O)c1cccnc1.[H+]. The van der Waals surface area contributed by atoms with Gasteiger partial charge in [-0.25, -0.2) is 0 Å². The summed E-state index contributed by atoms with van der Waals surface area (Å²) in [6, 6.07) is 3.18. The molecule has 0 bridgehead atoms. The minimum Gasteiger partial charge on any atom is -0.357 e. The van der Waals surface area contributed by atoms with Crippen LogP contribution in [0.4, 0.5) is 0 Å². The highest BCUT2D eigenvalue weighted by atomic mass is 16.5. The van der Waals surface area contributed by atoms with Crippen LogP contribution in [0.5, 0.6) is 0 Å². The minimum absolute atomic E-state index is 0. The fourth-order valence-electron chi connectivity index (χ4n) is 0.495. The zero-order valence-electron chi connectivity index (χ0n) is 5.65. The van der Waals surface area contributed by atoms with Gasteiger partial charge in [0.2, 0.25) is 0 Å². The van der Waals surface area contributed by atoms with Gasteiger partial charge < -0.3 is 10.2 Å². The molecule has 47 valence electrons. The van der Waals surface area contributed by atoms with Crippen molar-refractivity contribution in [3.63, 3.8) is 0 Å². The summed E-state index contributed by atoms with van der Waals surface area (Å²) < 4.78 is 0. The molecule has 1 aromatic heterocycles. The number of nitrogens with zero attached hydrogens (tertiary/aromatic N) is 1.